The molecule has 7 nitrogen and oxygen atoms in total. The number of isocyanates is 2. The molecule has 0 heterocycles. The van der Waals surface area contributed by atoms with Crippen molar-refractivity contribution in [2.45, 2.75) is 13.2 Å². The molecule has 0 radical (unpaired) electrons. The Morgan fingerprint density at radius 3 is 2.53 bits per heavy atom. The first-order chi connectivity index (χ1) is 8.11. The SMILES string of the molecule is C=C(C)C(=O)OC(CN=C=O)OCCN=C=O. The van der Waals surface area contributed by atoms with Gasteiger partial charge in [-0.15, -0.1) is 0 Å². The number of ether oxygens (including phenoxy) is 2. The number of hydrogen-bond acceptors (Lipinski definition) is 7. The molecule has 0 fully saturated rings. The summed E-state index contributed by atoms with van der Waals surface area (Å²) in [5.74, 6) is -0.657. The van der Waals surface area contributed by atoms with Crippen LogP contribution in [-0.4, -0.2) is 44.1 Å². The highest BCUT2D eigenvalue weighted by molar-refractivity contribution is 5.87. The zero-order chi connectivity index (χ0) is 13.1. The third-order valence-electron chi connectivity index (χ3n) is 1.46. The van der Waals surface area contributed by atoms with Crippen LogP contribution in [-0.2, 0) is 23.9 Å². The number of carbonyl (C=O) groups excluding carboxylic acids is 3. The maximum Gasteiger partial charge on any atom is 0.335 e. The van der Waals surface area contributed by atoms with E-state index in [0.29, 0.717) is 0 Å². The van der Waals surface area contributed by atoms with Crippen molar-refractivity contribution in [3.63, 3.8) is 0 Å². The molecule has 0 spiro atoms. The highest BCUT2D eigenvalue weighted by Crippen LogP contribution is 2.01. The number of aliphatic imine (C=N–C) groups is 2. The Balaban J connectivity index is 4.21. The fraction of sp³-hybridized carbons (Fsp3) is 0.500. The van der Waals surface area contributed by atoms with Crippen molar-refractivity contribution < 1.29 is 23.9 Å². The quantitative estimate of drug-likeness (QED) is 0.150. The van der Waals surface area contributed by atoms with E-state index in [1.165, 1.54) is 19.1 Å². The van der Waals surface area contributed by atoms with Crippen LogP contribution in [0.3, 0.4) is 0 Å². The Bertz CT molecular complexity index is 367. The van der Waals surface area contributed by atoms with Crippen LogP contribution in [0.2, 0.25) is 0 Å². The van der Waals surface area contributed by atoms with E-state index < -0.39 is 12.3 Å². The molecule has 92 valence electrons. The number of hydrogen-bond donors (Lipinski definition) is 0. The van der Waals surface area contributed by atoms with E-state index >= 15 is 0 Å². The van der Waals surface area contributed by atoms with E-state index in [-0.39, 0.29) is 25.3 Å². The monoisotopic (exact) mass is 240 g/mol. The minimum Gasteiger partial charge on any atom is -0.430 e. The van der Waals surface area contributed by atoms with Crippen molar-refractivity contribution in [3.8, 4) is 0 Å². The Morgan fingerprint density at radius 1 is 1.35 bits per heavy atom. The normalized spacial score (nSPS) is 10.6. The maximum atomic E-state index is 11.2. The molecule has 0 bridgehead atoms. The van der Waals surface area contributed by atoms with Crippen LogP contribution in [0.25, 0.3) is 0 Å². The van der Waals surface area contributed by atoms with E-state index in [9.17, 15) is 14.4 Å². The van der Waals surface area contributed by atoms with Crippen LogP contribution in [0.5, 0.6) is 0 Å². The first-order valence-electron chi connectivity index (χ1n) is 4.67. The van der Waals surface area contributed by atoms with Gasteiger partial charge < -0.3 is 9.47 Å². The van der Waals surface area contributed by atoms with Gasteiger partial charge in [-0.25, -0.2) is 19.4 Å². The van der Waals surface area contributed by atoms with Gasteiger partial charge in [0, 0.05) is 5.57 Å². The molecule has 0 aromatic rings. The molecule has 0 aromatic carbocycles. The number of esters is 1. The molecule has 0 amide bonds. The second-order valence-corrected chi connectivity index (χ2v) is 2.89. The molecule has 0 N–H and O–H groups in total. The molecule has 7 heteroatoms. The van der Waals surface area contributed by atoms with E-state index in [0.717, 1.165) is 0 Å². The van der Waals surface area contributed by atoms with Gasteiger partial charge in [0.05, 0.1) is 13.2 Å². The summed E-state index contributed by atoms with van der Waals surface area (Å²) < 4.78 is 9.86. The number of nitrogens with zero attached hydrogens (tertiary/aromatic N) is 2. The van der Waals surface area contributed by atoms with Gasteiger partial charge in [0.15, 0.2) is 0 Å². The van der Waals surface area contributed by atoms with E-state index in [1.807, 2.05) is 0 Å². The van der Waals surface area contributed by atoms with Crippen molar-refractivity contribution in [3.05, 3.63) is 12.2 Å². The summed E-state index contributed by atoms with van der Waals surface area (Å²) >= 11 is 0. The van der Waals surface area contributed by atoms with Gasteiger partial charge in [-0.3, -0.25) is 0 Å². The smallest absolute Gasteiger partial charge is 0.335 e. The summed E-state index contributed by atoms with van der Waals surface area (Å²) in [5.41, 5.74) is 0.194. The molecular formula is C10H12N2O5. The Labute approximate surface area is 97.8 Å². The molecular weight excluding hydrogens is 228 g/mol. The van der Waals surface area contributed by atoms with Gasteiger partial charge in [0.2, 0.25) is 18.4 Å². The average molecular weight is 240 g/mol. The summed E-state index contributed by atoms with van der Waals surface area (Å²) in [6.07, 6.45) is 1.60. The van der Waals surface area contributed by atoms with Crippen LogP contribution in [0.1, 0.15) is 6.92 Å². The third kappa shape index (κ3) is 7.81. The number of rotatable bonds is 8. The van der Waals surface area contributed by atoms with Crippen molar-refractivity contribution in [1.29, 1.82) is 0 Å². The average Bonchev–Trinajstić information content (AvgIpc) is 2.30. The minimum atomic E-state index is -1.03. The van der Waals surface area contributed by atoms with Crippen LogP contribution >= 0.6 is 0 Å². The van der Waals surface area contributed by atoms with Gasteiger partial charge in [-0.1, -0.05) is 6.58 Å². The maximum absolute atomic E-state index is 11.2. The van der Waals surface area contributed by atoms with Gasteiger partial charge in [-0.2, -0.15) is 4.99 Å². The molecule has 0 saturated carbocycles. The highest BCUT2D eigenvalue weighted by atomic mass is 16.7. The van der Waals surface area contributed by atoms with Crippen LogP contribution in [0.15, 0.2) is 22.1 Å². The van der Waals surface area contributed by atoms with E-state index in [1.54, 1.807) is 0 Å². The molecule has 0 rings (SSSR count). The van der Waals surface area contributed by atoms with Gasteiger partial charge >= 0.3 is 5.97 Å². The second kappa shape index (κ2) is 9.18. The predicted octanol–water partition coefficient (Wildman–Crippen LogP) is 0.120. The van der Waals surface area contributed by atoms with Crippen LogP contribution < -0.4 is 0 Å². The molecule has 0 aliphatic heterocycles. The molecule has 0 aromatic heterocycles. The number of carbonyl (C=O) groups is 1. The molecule has 0 aliphatic rings. The van der Waals surface area contributed by atoms with E-state index in [2.05, 4.69) is 16.6 Å². The second-order valence-electron chi connectivity index (χ2n) is 2.89. The molecule has 17 heavy (non-hydrogen) atoms. The fourth-order valence-electron chi connectivity index (χ4n) is 0.731. The molecule has 0 saturated heterocycles. The van der Waals surface area contributed by atoms with Gasteiger partial charge in [0.1, 0.15) is 6.54 Å². The summed E-state index contributed by atoms with van der Waals surface area (Å²) in [7, 11) is 0. The minimum absolute atomic E-state index is 0.0394. The Hall–Kier alpha value is -2.07. The van der Waals surface area contributed by atoms with Gasteiger partial charge in [-0.05, 0) is 6.92 Å². The van der Waals surface area contributed by atoms with Crippen LogP contribution in [0.4, 0.5) is 0 Å². The lowest BCUT2D eigenvalue weighted by Gasteiger charge is -2.15. The van der Waals surface area contributed by atoms with Crippen molar-refractivity contribution in [1.82, 2.24) is 0 Å². The van der Waals surface area contributed by atoms with E-state index in [4.69, 9.17) is 9.47 Å². The van der Waals surface area contributed by atoms with Crippen LogP contribution in [0, 0.1) is 0 Å². The summed E-state index contributed by atoms with van der Waals surface area (Å²) in [6, 6.07) is 0. The largest absolute Gasteiger partial charge is 0.430 e. The first kappa shape index (κ1) is 14.9. The summed E-state index contributed by atoms with van der Waals surface area (Å²) in [6.45, 7) is 4.81. The predicted molar refractivity (Wildman–Crippen MR) is 56.6 cm³/mol. The Kier molecular flexibility index (Phi) is 8.06. The highest BCUT2D eigenvalue weighted by Gasteiger charge is 2.14. The fourth-order valence-corrected chi connectivity index (χ4v) is 0.731. The zero-order valence-corrected chi connectivity index (χ0v) is 9.34. The zero-order valence-electron chi connectivity index (χ0n) is 9.34. The molecule has 1 atom stereocenters. The summed E-state index contributed by atoms with van der Waals surface area (Å²) in [4.78, 5) is 37.4. The lowest BCUT2D eigenvalue weighted by molar-refractivity contribution is -0.171. The van der Waals surface area contributed by atoms with Crippen molar-refractivity contribution >= 4 is 18.1 Å². The Morgan fingerprint density at radius 2 is 2.00 bits per heavy atom. The third-order valence-corrected chi connectivity index (χ3v) is 1.46. The lowest BCUT2D eigenvalue weighted by atomic mass is 10.4. The van der Waals surface area contributed by atoms with Gasteiger partial charge in [0.25, 0.3) is 0 Å². The molecule has 1 unspecified atom stereocenters. The van der Waals surface area contributed by atoms with Crippen molar-refractivity contribution in [2.75, 3.05) is 19.7 Å². The first-order valence-corrected chi connectivity index (χ1v) is 4.67. The summed E-state index contributed by atoms with van der Waals surface area (Å²) in [5, 5.41) is 0. The lowest BCUT2D eigenvalue weighted by Crippen LogP contribution is -2.25. The topological polar surface area (TPSA) is 94.4 Å². The van der Waals surface area contributed by atoms with Crippen molar-refractivity contribution in [2.24, 2.45) is 9.98 Å². The molecule has 0 aliphatic carbocycles. The standard InChI is InChI=1S/C10H12N2O5/c1-8(2)10(15)17-9(5-12-7-14)16-4-3-11-6-13/h9H,1,3-5H2,2H3.